The van der Waals surface area contributed by atoms with Gasteiger partial charge in [0, 0.05) is 0 Å². The number of hydrogen-bond donors (Lipinski definition) is 0. The Kier molecular flexibility index (Phi) is 11.6. The van der Waals surface area contributed by atoms with Crippen LogP contribution < -0.4 is 0 Å². The first kappa shape index (κ1) is 30.1. The highest BCUT2D eigenvalue weighted by atomic mass is 14.3. The Balaban J connectivity index is 1.06. The SMILES string of the molecule is CCCCC[C@H]1CC[C@H](c2ccc(-c3ccc(CCc4ccc([C@H]5CC[C@H](CCCC)CC5)cc4)cc3)cc2)CC1. The molecule has 0 aliphatic heterocycles. The zero-order valence-corrected chi connectivity index (χ0v) is 26.3. The van der Waals surface area contributed by atoms with E-state index in [2.05, 4.69) is 86.6 Å². The molecule has 3 aromatic rings. The summed E-state index contributed by atoms with van der Waals surface area (Å²) in [5.74, 6) is 3.54. The zero-order valence-electron chi connectivity index (χ0n) is 26.3. The highest BCUT2D eigenvalue weighted by Crippen LogP contribution is 2.39. The van der Waals surface area contributed by atoms with E-state index in [0.717, 1.165) is 36.5 Å². The summed E-state index contributed by atoms with van der Waals surface area (Å²) in [5.41, 5.74) is 8.74. The quantitative estimate of drug-likeness (QED) is 0.186. The Hall–Kier alpha value is -2.34. The average Bonchev–Trinajstić information content (AvgIpc) is 3.04. The van der Waals surface area contributed by atoms with Gasteiger partial charge in [-0.1, -0.05) is 132 Å². The molecule has 2 aliphatic carbocycles. The molecular formula is C41H56. The maximum Gasteiger partial charge on any atom is -0.0162 e. The topological polar surface area (TPSA) is 0 Å². The van der Waals surface area contributed by atoms with Crippen LogP contribution in [0, 0.1) is 11.8 Å². The van der Waals surface area contributed by atoms with E-state index in [4.69, 9.17) is 0 Å². The molecule has 0 heterocycles. The first-order valence-corrected chi connectivity index (χ1v) is 17.5. The summed E-state index contributed by atoms with van der Waals surface area (Å²) in [6, 6.07) is 28.5. The van der Waals surface area contributed by atoms with Crippen LogP contribution in [0.3, 0.4) is 0 Å². The highest BCUT2D eigenvalue weighted by molar-refractivity contribution is 5.64. The van der Waals surface area contributed by atoms with Crippen molar-refractivity contribution in [3.05, 3.63) is 95.1 Å². The van der Waals surface area contributed by atoms with Gasteiger partial charge in [-0.05, 0) is 121 Å². The van der Waals surface area contributed by atoms with Crippen LogP contribution in [0.4, 0.5) is 0 Å². The van der Waals surface area contributed by atoms with Crippen molar-refractivity contribution >= 4 is 0 Å². The number of rotatable bonds is 13. The van der Waals surface area contributed by atoms with Crippen LogP contribution in [0.5, 0.6) is 0 Å². The van der Waals surface area contributed by atoms with Gasteiger partial charge in [-0.25, -0.2) is 0 Å². The minimum absolute atomic E-state index is 0.772. The Morgan fingerprint density at radius 1 is 0.439 bits per heavy atom. The molecule has 0 aromatic heterocycles. The summed E-state index contributed by atoms with van der Waals surface area (Å²) in [5, 5.41) is 0. The normalized spacial score (nSPS) is 23.0. The number of unbranched alkanes of at least 4 members (excludes halogenated alkanes) is 3. The first-order chi connectivity index (χ1) is 20.2. The van der Waals surface area contributed by atoms with Crippen LogP contribution in [0.15, 0.2) is 72.8 Å². The van der Waals surface area contributed by atoms with Crippen LogP contribution in [0.2, 0.25) is 0 Å². The number of benzene rings is 3. The van der Waals surface area contributed by atoms with E-state index in [1.54, 1.807) is 11.1 Å². The van der Waals surface area contributed by atoms with Crippen molar-refractivity contribution in [2.24, 2.45) is 11.8 Å². The molecule has 0 bridgehead atoms. The minimum atomic E-state index is 0.772. The molecule has 0 amide bonds. The molecule has 0 atom stereocenters. The maximum atomic E-state index is 2.43. The van der Waals surface area contributed by atoms with Crippen molar-refractivity contribution in [3.63, 3.8) is 0 Å². The van der Waals surface area contributed by atoms with Crippen molar-refractivity contribution in [3.8, 4) is 11.1 Å². The molecule has 220 valence electrons. The Bertz CT molecular complexity index is 1120. The Labute approximate surface area is 252 Å². The Morgan fingerprint density at radius 2 is 0.829 bits per heavy atom. The lowest BCUT2D eigenvalue weighted by Gasteiger charge is -2.29. The molecule has 2 saturated carbocycles. The van der Waals surface area contributed by atoms with Gasteiger partial charge in [0.1, 0.15) is 0 Å². The monoisotopic (exact) mass is 548 g/mol. The van der Waals surface area contributed by atoms with E-state index >= 15 is 0 Å². The van der Waals surface area contributed by atoms with Crippen LogP contribution in [-0.4, -0.2) is 0 Å². The largest absolute Gasteiger partial charge is 0.0654 e. The Morgan fingerprint density at radius 3 is 1.29 bits per heavy atom. The molecule has 2 fully saturated rings. The second-order valence-corrected chi connectivity index (χ2v) is 13.6. The predicted molar refractivity (Wildman–Crippen MR) is 179 cm³/mol. The van der Waals surface area contributed by atoms with Gasteiger partial charge in [0.2, 0.25) is 0 Å². The van der Waals surface area contributed by atoms with Crippen molar-refractivity contribution < 1.29 is 0 Å². The summed E-state index contributed by atoms with van der Waals surface area (Å²) >= 11 is 0. The zero-order chi connectivity index (χ0) is 28.3. The molecule has 0 spiro atoms. The third-order valence-corrected chi connectivity index (χ3v) is 10.7. The highest BCUT2D eigenvalue weighted by Gasteiger charge is 2.23. The van der Waals surface area contributed by atoms with Gasteiger partial charge in [0.05, 0.1) is 0 Å². The first-order valence-electron chi connectivity index (χ1n) is 17.5. The molecule has 0 saturated heterocycles. The number of hydrogen-bond acceptors (Lipinski definition) is 0. The van der Waals surface area contributed by atoms with E-state index in [1.807, 2.05) is 0 Å². The standard InChI is InChI=1S/C41H56/c1-3-5-7-9-33-14-22-38(23-15-33)40-28-30-41(31-29-40)39-26-18-35(19-27-39)11-10-34-16-24-37(25-17-34)36-20-12-32(13-21-36)8-6-4-2/h16-19,24-33,36,38H,3-15,20-23H2,1-2H3/t32-,33-,36-,38-. The molecule has 2 aliphatic rings. The maximum absolute atomic E-state index is 2.43. The smallest absolute Gasteiger partial charge is 0.0162 e. The molecular weight excluding hydrogens is 492 g/mol. The fraction of sp³-hybridized carbons (Fsp3) is 0.561. The third kappa shape index (κ3) is 8.83. The van der Waals surface area contributed by atoms with Crippen LogP contribution in [-0.2, 0) is 12.8 Å². The minimum Gasteiger partial charge on any atom is -0.0654 e. The molecule has 0 heteroatoms. The van der Waals surface area contributed by atoms with Crippen LogP contribution in [0.25, 0.3) is 11.1 Å². The fourth-order valence-corrected chi connectivity index (χ4v) is 7.80. The summed E-state index contributed by atoms with van der Waals surface area (Å²) in [6.07, 6.45) is 23.4. The second-order valence-electron chi connectivity index (χ2n) is 13.6. The van der Waals surface area contributed by atoms with Crippen molar-refractivity contribution in [2.45, 2.75) is 135 Å². The van der Waals surface area contributed by atoms with Gasteiger partial charge >= 0.3 is 0 Å². The summed E-state index contributed by atoms with van der Waals surface area (Å²) < 4.78 is 0. The lowest BCUT2D eigenvalue weighted by atomic mass is 9.77. The summed E-state index contributed by atoms with van der Waals surface area (Å²) in [4.78, 5) is 0. The lowest BCUT2D eigenvalue weighted by molar-refractivity contribution is 0.303. The number of aryl methyl sites for hydroxylation is 2. The second kappa shape index (κ2) is 15.8. The van der Waals surface area contributed by atoms with Crippen molar-refractivity contribution in [2.75, 3.05) is 0 Å². The summed E-state index contributed by atoms with van der Waals surface area (Å²) in [6.45, 7) is 4.64. The van der Waals surface area contributed by atoms with Gasteiger partial charge in [-0.2, -0.15) is 0 Å². The molecule has 5 rings (SSSR count). The van der Waals surface area contributed by atoms with E-state index in [-0.39, 0.29) is 0 Å². The third-order valence-electron chi connectivity index (χ3n) is 10.7. The van der Waals surface area contributed by atoms with Crippen LogP contribution >= 0.6 is 0 Å². The van der Waals surface area contributed by atoms with Crippen LogP contribution in [0.1, 0.15) is 144 Å². The lowest BCUT2D eigenvalue weighted by Crippen LogP contribution is -2.13. The molecule has 0 nitrogen and oxygen atoms in total. The summed E-state index contributed by atoms with van der Waals surface area (Å²) in [7, 11) is 0. The molecule has 3 aromatic carbocycles. The van der Waals surface area contributed by atoms with Gasteiger partial charge in [0.25, 0.3) is 0 Å². The van der Waals surface area contributed by atoms with Crippen molar-refractivity contribution in [1.29, 1.82) is 0 Å². The molecule has 0 N–H and O–H groups in total. The van der Waals surface area contributed by atoms with E-state index < -0.39 is 0 Å². The fourth-order valence-electron chi connectivity index (χ4n) is 7.80. The van der Waals surface area contributed by atoms with Crippen molar-refractivity contribution in [1.82, 2.24) is 0 Å². The van der Waals surface area contributed by atoms with Gasteiger partial charge < -0.3 is 0 Å². The molecule has 41 heavy (non-hydrogen) atoms. The van der Waals surface area contributed by atoms with Gasteiger partial charge in [-0.3, -0.25) is 0 Å². The van der Waals surface area contributed by atoms with E-state index in [0.29, 0.717) is 0 Å². The van der Waals surface area contributed by atoms with E-state index in [1.165, 1.54) is 119 Å². The predicted octanol–water partition coefficient (Wildman–Crippen LogP) is 12.5. The molecule has 0 unspecified atom stereocenters. The van der Waals surface area contributed by atoms with Gasteiger partial charge in [-0.15, -0.1) is 0 Å². The molecule has 0 radical (unpaired) electrons. The van der Waals surface area contributed by atoms with Gasteiger partial charge in [0.15, 0.2) is 0 Å². The average molecular weight is 549 g/mol. The van der Waals surface area contributed by atoms with E-state index in [9.17, 15) is 0 Å².